The van der Waals surface area contributed by atoms with E-state index in [1.807, 2.05) is 6.92 Å². The highest BCUT2D eigenvalue weighted by atomic mass is 19.4. The molecule has 2 N–H and O–H groups in total. The topological polar surface area (TPSA) is 26.0 Å². The first kappa shape index (κ1) is 14.4. The molecule has 1 aliphatic rings. The molecule has 1 fully saturated rings. The molecule has 0 saturated heterocycles. The number of nitrogens with two attached hydrogens (primary N) is 1. The molecule has 1 unspecified atom stereocenters. The lowest BCUT2D eigenvalue weighted by Gasteiger charge is -2.35. The number of hydrogen-bond acceptors (Lipinski definition) is 1. The fourth-order valence-electron chi connectivity index (χ4n) is 3.32. The minimum Gasteiger partial charge on any atom is -0.323 e. The van der Waals surface area contributed by atoms with Crippen molar-refractivity contribution < 1.29 is 13.2 Å². The van der Waals surface area contributed by atoms with Crippen molar-refractivity contribution in [3.05, 3.63) is 35.4 Å². The van der Waals surface area contributed by atoms with Gasteiger partial charge in [0.15, 0.2) is 0 Å². The van der Waals surface area contributed by atoms with E-state index in [9.17, 15) is 13.2 Å². The monoisotopic (exact) mass is 271 g/mol. The van der Waals surface area contributed by atoms with Crippen molar-refractivity contribution in [1.29, 1.82) is 0 Å². The molecule has 0 aliphatic heterocycles. The number of hydrogen-bond donors (Lipinski definition) is 1. The van der Waals surface area contributed by atoms with Gasteiger partial charge in [-0.2, -0.15) is 13.2 Å². The van der Waals surface area contributed by atoms with Crippen LogP contribution in [0.1, 0.15) is 56.2 Å². The third-order valence-corrected chi connectivity index (χ3v) is 4.56. The highest BCUT2D eigenvalue weighted by Gasteiger charge is 2.42. The maximum absolute atomic E-state index is 13.1. The van der Waals surface area contributed by atoms with Crippen LogP contribution in [0.3, 0.4) is 0 Å². The number of rotatable bonds is 3. The zero-order chi connectivity index (χ0) is 14.1. The lowest BCUT2D eigenvalue weighted by Crippen LogP contribution is -2.33. The summed E-state index contributed by atoms with van der Waals surface area (Å²) in [7, 11) is 0. The van der Waals surface area contributed by atoms with Gasteiger partial charge in [0.1, 0.15) is 0 Å². The lowest BCUT2D eigenvalue weighted by atomic mass is 9.73. The van der Waals surface area contributed by atoms with Crippen LogP contribution in [0.25, 0.3) is 0 Å². The Morgan fingerprint density at radius 3 is 2.32 bits per heavy atom. The van der Waals surface area contributed by atoms with Crippen molar-refractivity contribution in [3.63, 3.8) is 0 Å². The van der Waals surface area contributed by atoms with Gasteiger partial charge in [-0.15, -0.1) is 0 Å². The van der Waals surface area contributed by atoms with Crippen LogP contribution >= 0.6 is 0 Å². The van der Waals surface area contributed by atoms with Gasteiger partial charge in [-0.1, -0.05) is 38.0 Å². The molecule has 0 heterocycles. The molecule has 1 saturated carbocycles. The van der Waals surface area contributed by atoms with Crippen LogP contribution in [-0.2, 0) is 6.18 Å². The maximum Gasteiger partial charge on any atom is 0.416 e. The Balaban J connectivity index is 2.41. The second-order valence-corrected chi connectivity index (χ2v) is 5.49. The van der Waals surface area contributed by atoms with Crippen molar-refractivity contribution >= 4 is 0 Å². The molecule has 1 atom stereocenters. The van der Waals surface area contributed by atoms with Gasteiger partial charge in [0.05, 0.1) is 5.56 Å². The Morgan fingerprint density at radius 2 is 1.79 bits per heavy atom. The highest BCUT2D eigenvalue weighted by molar-refractivity contribution is 5.33. The van der Waals surface area contributed by atoms with Crippen molar-refractivity contribution in [2.75, 3.05) is 0 Å². The second-order valence-electron chi connectivity index (χ2n) is 5.49. The third kappa shape index (κ3) is 2.64. The molecular formula is C15H20F3N. The van der Waals surface area contributed by atoms with Crippen molar-refractivity contribution in [1.82, 2.24) is 0 Å². The van der Waals surface area contributed by atoms with E-state index < -0.39 is 17.8 Å². The second kappa shape index (κ2) is 5.16. The molecule has 106 valence electrons. The van der Waals surface area contributed by atoms with Crippen LogP contribution in [0.15, 0.2) is 24.3 Å². The molecule has 0 amide bonds. The molecule has 19 heavy (non-hydrogen) atoms. The first-order chi connectivity index (χ1) is 8.91. The first-order valence-electron chi connectivity index (χ1n) is 6.82. The fourth-order valence-corrected chi connectivity index (χ4v) is 3.32. The van der Waals surface area contributed by atoms with Gasteiger partial charge in [0.2, 0.25) is 0 Å². The quantitative estimate of drug-likeness (QED) is 0.849. The lowest BCUT2D eigenvalue weighted by molar-refractivity contribution is -0.138. The average molecular weight is 271 g/mol. The molecule has 1 aromatic carbocycles. The highest BCUT2D eigenvalue weighted by Crippen LogP contribution is 2.50. The van der Waals surface area contributed by atoms with Crippen LogP contribution < -0.4 is 5.73 Å². The van der Waals surface area contributed by atoms with Gasteiger partial charge in [-0.25, -0.2) is 0 Å². The predicted molar refractivity (Wildman–Crippen MR) is 69.6 cm³/mol. The maximum atomic E-state index is 13.1. The molecular weight excluding hydrogens is 251 g/mol. The molecule has 0 radical (unpaired) electrons. The van der Waals surface area contributed by atoms with E-state index in [4.69, 9.17) is 5.73 Å². The summed E-state index contributed by atoms with van der Waals surface area (Å²) in [6, 6.07) is 5.20. The summed E-state index contributed by atoms with van der Waals surface area (Å²) in [5.74, 6) is 0. The Morgan fingerprint density at radius 1 is 1.21 bits per heavy atom. The van der Waals surface area contributed by atoms with E-state index >= 15 is 0 Å². The molecule has 0 bridgehead atoms. The van der Waals surface area contributed by atoms with Gasteiger partial charge in [-0.3, -0.25) is 0 Å². The predicted octanol–water partition coefficient (Wildman–Crippen LogP) is 4.68. The molecule has 1 aromatic rings. The normalized spacial score (nSPS) is 20.5. The summed E-state index contributed by atoms with van der Waals surface area (Å²) >= 11 is 0. The van der Waals surface area contributed by atoms with Crippen LogP contribution in [0, 0.1) is 5.41 Å². The average Bonchev–Trinajstić information content (AvgIpc) is 2.87. The summed E-state index contributed by atoms with van der Waals surface area (Å²) in [5, 5.41) is 0. The van der Waals surface area contributed by atoms with E-state index in [0.29, 0.717) is 0 Å². The van der Waals surface area contributed by atoms with Crippen LogP contribution in [0.4, 0.5) is 13.2 Å². The smallest absolute Gasteiger partial charge is 0.323 e. The number of alkyl halides is 3. The summed E-state index contributed by atoms with van der Waals surface area (Å²) in [5.41, 5.74) is 5.75. The summed E-state index contributed by atoms with van der Waals surface area (Å²) in [6.07, 6.45) is 0.487. The standard InChI is InChI=1S/C15H20F3N/c1-2-14(9-5-6-10-14)13(19)11-7-3-4-8-12(11)15(16,17)18/h3-4,7-8,13H,2,5-6,9-10,19H2,1H3. The molecule has 1 aliphatic carbocycles. The minimum atomic E-state index is -4.33. The summed E-state index contributed by atoms with van der Waals surface area (Å²) in [6.45, 7) is 2.03. The molecule has 2 rings (SSSR count). The minimum absolute atomic E-state index is 0.165. The SMILES string of the molecule is CCC1(C(N)c2ccccc2C(F)(F)F)CCCC1. The van der Waals surface area contributed by atoms with E-state index in [-0.39, 0.29) is 11.0 Å². The van der Waals surface area contributed by atoms with Crippen LogP contribution in [0.5, 0.6) is 0 Å². The zero-order valence-corrected chi connectivity index (χ0v) is 11.1. The van der Waals surface area contributed by atoms with Crippen LogP contribution in [0.2, 0.25) is 0 Å². The van der Waals surface area contributed by atoms with Gasteiger partial charge in [-0.05, 0) is 36.3 Å². The summed E-state index contributed by atoms with van der Waals surface area (Å²) < 4.78 is 39.2. The largest absolute Gasteiger partial charge is 0.416 e. The van der Waals surface area contributed by atoms with E-state index in [0.717, 1.165) is 38.2 Å². The Bertz CT molecular complexity index is 433. The Kier molecular flexibility index (Phi) is 3.90. The van der Waals surface area contributed by atoms with Gasteiger partial charge in [0.25, 0.3) is 0 Å². The number of benzene rings is 1. The molecule has 1 nitrogen and oxygen atoms in total. The third-order valence-electron chi connectivity index (χ3n) is 4.56. The molecule has 4 heteroatoms. The first-order valence-corrected chi connectivity index (χ1v) is 6.82. The van der Waals surface area contributed by atoms with Crippen molar-refractivity contribution in [3.8, 4) is 0 Å². The van der Waals surface area contributed by atoms with Crippen molar-refractivity contribution in [2.45, 2.75) is 51.2 Å². The fraction of sp³-hybridized carbons (Fsp3) is 0.600. The van der Waals surface area contributed by atoms with Gasteiger partial charge in [0, 0.05) is 6.04 Å². The van der Waals surface area contributed by atoms with Gasteiger partial charge < -0.3 is 5.73 Å². The number of halogens is 3. The van der Waals surface area contributed by atoms with E-state index in [2.05, 4.69) is 0 Å². The summed E-state index contributed by atoms with van der Waals surface area (Å²) in [4.78, 5) is 0. The molecule has 0 spiro atoms. The van der Waals surface area contributed by atoms with Crippen LogP contribution in [-0.4, -0.2) is 0 Å². The van der Waals surface area contributed by atoms with Gasteiger partial charge >= 0.3 is 6.18 Å². The van der Waals surface area contributed by atoms with E-state index in [1.54, 1.807) is 6.07 Å². The van der Waals surface area contributed by atoms with Crippen molar-refractivity contribution in [2.24, 2.45) is 11.1 Å². The zero-order valence-electron chi connectivity index (χ0n) is 11.1. The molecule has 0 aromatic heterocycles. The van der Waals surface area contributed by atoms with E-state index in [1.165, 1.54) is 12.1 Å². The Labute approximate surface area is 112 Å². The Hall–Kier alpha value is -1.03.